The summed E-state index contributed by atoms with van der Waals surface area (Å²) in [6.07, 6.45) is 0. The number of hydrogen-bond acceptors (Lipinski definition) is 1. The number of para-hydroxylation sites is 1. The van der Waals surface area contributed by atoms with E-state index in [1.807, 2.05) is 30.3 Å². The van der Waals surface area contributed by atoms with Crippen LogP contribution in [0.25, 0.3) is 33.1 Å². The molecule has 0 amide bonds. The minimum atomic E-state index is -0.981. The molecule has 0 aliphatic heterocycles. The summed E-state index contributed by atoms with van der Waals surface area (Å²) in [7, 11) is 0. The summed E-state index contributed by atoms with van der Waals surface area (Å²) in [5, 5.41) is 12.3. The molecular weight excluding hydrogens is 348 g/mol. The van der Waals surface area contributed by atoms with Crippen LogP contribution >= 0.6 is 11.6 Å². The molecule has 134 valence electrons. The minimum Gasteiger partial charge on any atom is -0.477 e. The van der Waals surface area contributed by atoms with E-state index in [1.165, 1.54) is 0 Å². The average molecular weight is 369 g/mol. The first-order valence-electron chi connectivity index (χ1n) is 8.13. The average Bonchev–Trinajstić information content (AvgIpc) is 3.09. The zero-order valence-corrected chi connectivity index (χ0v) is 14.6. The first-order valence-corrected chi connectivity index (χ1v) is 8.50. The van der Waals surface area contributed by atoms with Crippen LogP contribution in [0.15, 0.2) is 48.5 Å². The number of rotatable bonds is 3. The monoisotopic (exact) mass is 368 g/mol. The van der Waals surface area contributed by atoms with Gasteiger partial charge in [0.1, 0.15) is 11.3 Å². The Morgan fingerprint density at radius 3 is 2.54 bits per heavy atom. The van der Waals surface area contributed by atoms with E-state index in [0.717, 1.165) is 27.5 Å². The summed E-state index contributed by atoms with van der Waals surface area (Å²) in [5.74, 6) is -0.981. The van der Waals surface area contributed by atoms with Gasteiger partial charge in [0.15, 0.2) is 0 Å². The molecule has 2 aromatic carbocycles. The van der Waals surface area contributed by atoms with Crippen molar-refractivity contribution >= 4 is 39.5 Å². The molecule has 0 fully saturated rings. The van der Waals surface area contributed by atoms with Crippen molar-refractivity contribution in [1.29, 1.82) is 0 Å². The molecule has 0 aliphatic rings. The summed E-state index contributed by atoms with van der Waals surface area (Å²) < 4.78 is 2.14. The van der Waals surface area contributed by atoms with Crippen molar-refractivity contribution in [2.24, 2.45) is 0 Å². The van der Waals surface area contributed by atoms with Crippen LogP contribution in [-0.4, -0.2) is 20.6 Å². The van der Waals surface area contributed by atoms with Crippen molar-refractivity contribution in [3.05, 3.63) is 59.2 Å². The van der Waals surface area contributed by atoms with Gasteiger partial charge in [-0.1, -0.05) is 49.4 Å². The highest BCUT2D eigenvalue weighted by Gasteiger charge is 2.25. The van der Waals surface area contributed by atoms with Crippen LogP contribution in [0.3, 0.4) is 0 Å². The number of carboxylic acids is 1. The number of aromatic amines is 1. The Hall–Kier alpha value is -2.72. The van der Waals surface area contributed by atoms with Crippen LogP contribution in [0.5, 0.6) is 0 Å². The van der Waals surface area contributed by atoms with Gasteiger partial charge < -0.3 is 14.7 Å². The lowest BCUT2D eigenvalue weighted by atomic mass is 10.0. The third-order valence-corrected chi connectivity index (χ3v) is 4.73. The van der Waals surface area contributed by atoms with E-state index >= 15 is 0 Å². The summed E-state index contributed by atoms with van der Waals surface area (Å²) in [5.41, 5.74) is 3.57. The minimum absolute atomic E-state index is 0. The van der Waals surface area contributed by atoms with Gasteiger partial charge in [0.2, 0.25) is 0 Å². The van der Waals surface area contributed by atoms with Gasteiger partial charge in [-0.3, -0.25) is 0 Å². The smallest absolute Gasteiger partial charge is 0.353 e. The van der Waals surface area contributed by atoms with Crippen LogP contribution < -0.4 is 0 Å². The molecule has 4 nitrogen and oxygen atoms in total. The van der Waals surface area contributed by atoms with E-state index in [2.05, 4.69) is 29.5 Å². The number of carboxylic acid groups (broad SMARTS) is 1. The Morgan fingerprint density at radius 2 is 1.88 bits per heavy atom. The van der Waals surface area contributed by atoms with E-state index in [1.54, 1.807) is 12.1 Å². The third kappa shape index (κ3) is 2.58. The molecule has 26 heavy (non-hydrogen) atoms. The van der Waals surface area contributed by atoms with Crippen molar-refractivity contribution in [2.45, 2.75) is 27.3 Å². The summed E-state index contributed by atoms with van der Waals surface area (Å²) in [6.45, 7) is 4.18. The fraction of sp³-hybridized carbons (Fsp3) is 0.190. The van der Waals surface area contributed by atoms with Gasteiger partial charge in [0.25, 0.3) is 0 Å². The normalized spacial score (nSPS) is 11.2. The lowest BCUT2D eigenvalue weighted by Crippen LogP contribution is -2.03. The Morgan fingerprint density at radius 1 is 1.15 bits per heavy atom. The van der Waals surface area contributed by atoms with Crippen LogP contribution in [0.1, 0.15) is 37.8 Å². The molecule has 0 radical (unpaired) electrons. The number of halogens is 1. The molecule has 0 spiro atoms. The van der Waals surface area contributed by atoms with Gasteiger partial charge in [-0.2, -0.15) is 0 Å². The van der Waals surface area contributed by atoms with E-state index < -0.39 is 5.97 Å². The van der Waals surface area contributed by atoms with Crippen molar-refractivity contribution in [1.82, 2.24) is 9.55 Å². The quantitative estimate of drug-likeness (QED) is 0.442. The number of fused-ring (bicyclic) bond motifs is 3. The van der Waals surface area contributed by atoms with E-state index in [0.29, 0.717) is 10.6 Å². The molecule has 4 aromatic rings. The molecule has 0 unspecified atom stereocenters. The predicted molar refractivity (Wildman–Crippen MR) is 108 cm³/mol. The first kappa shape index (κ1) is 18.1. The zero-order valence-electron chi connectivity index (χ0n) is 13.9. The predicted octanol–water partition coefficient (Wildman–Crippen LogP) is 6.36. The van der Waals surface area contributed by atoms with Gasteiger partial charge in [0.05, 0.1) is 5.52 Å². The van der Waals surface area contributed by atoms with Gasteiger partial charge in [-0.25, -0.2) is 4.79 Å². The number of aromatic nitrogens is 2. The zero-order chi connectivity index (χ0) is 17.7. The molecule has 0 atom stereocenters. The Bertz CT molecular complexity index is 1120. The summed E-state index contributed by atoms with van der Waals surface area (Å²) in [4.78, 5) is 15.0. The first-order chi connectivity index (χ1) is 12.0. The van der Waals surface area contributed by atoms with Crippen molar-refractivity contribution in [3.8, 4) is 11.1 Å². The second kappa shape index (κ2) is 6.54. The lowest BCUT2D eigenvalue weighted by molar-refractivity contribution is 0.0692. The van der Waals surface area contributed by atoms with Crippen LogP contribution in [-0.2, 0) is 0 Å². The molecule has 2 heterocycles. The molecule has 2 aromatic heterocycles. The SMILES string of the molecule is C.CC(C)n1c2ccccc2c2c(-c3cccc(Cl)c3)c(C(=O)O)[nH]c21. The summed E-state index contributed by atoms with van der Waals surface area (Å²) in [6, 6.07) is 15.6. The Labute approximate surface area is 157 Å². The molecule has 0 bridgehead atoms. The summed E-state index contributed by atoms with van der Waals surface area (Å²) >= 11 is 6.16. The molecular formula is C21H21ClN2O2. The highest BCUT2D eigenvalue weighted by Crippen LogP contribution is 2.41. The Balaban J connectivity index is 0.00000196. The fourth-order valence-electron chi connectivity index (χ4n) is 3.57. The number of nitrogens with zero attached hydrogens (tertiary/aromatic N) is 1. The number of aromatic carboxylic acids is 1. The van der Waals surface area contributed by atoms with Crippen molar-refractivity contribution < 1.29 is 9.90 Å². The van der Waals surface area contributed by atoms with Crippen molar-refractivity contribution in [3.63, 3.8) is 0 Å². The van der Waals surface area contributed by atoms with E-state index in [-0.39, 0.29) is 19.2 Å². The second-order valence-corrected chi connectivity index (χ2v) is 6.83. The van der Waals surface area contributed by atoms with Crippen molar-refractivity contribution in [2.75, 3.05) is 0 Å². The standard InChI is InChI=1S/C20H17ClN2O2.CH4/c1-11(2)23-15-9-4-3-8-14(15)17-16(12-6-5-7-13(21)10-12)18(20(24)25)22-19(17)23;/h3-11,22H,1-2H3,(H,24,25);1H4. The third-order valence-electron chi connectivity index (χ3n) is 4.50. The second-order valence-electron chi connectivity index (χ2n) is 6.40. The van der Waals surface area contributed by atoms with Crippen LogP contribution in [0.4, 0.5) is 0 Å². The highest BCUT2D eigenvalue weighted by atomic mass is 35.5. The van der Waals surface area contributed by atoms with Crippen LogP contribution in [0, 0.1) is 0 Å². The Kier molecular flexibility index (Phi) is 4.55. The maximum absolute atomic E-state index is 11.9. The lowest BCUT2D eigenvalue weighted by Gasteiger charge is -2.10. The molecule has 0 aliphatic carbocycles. The fourth-order valence-corrected chi connectivity index (χ4v) is 3.76. The number of benzene rings is 2. The van der Waals surface area contributed by atoms with Gasteiger partial charge >= 0.3 is 5.97 Å². The van der Waals surface area contributed by atoms with Gasteiger partial charge in [-0.05, 0) is 37.6 Å². The van der Waals surface area contributed by atoms with E-state index in [4.69, 9.17) is 11.6 Å². The molecule has 4 rings (SSSR count). The van der Waals surface area contributed by atoms with E-state index in [9.17, 15) is 9.90 Å². The topological polar surface area (TPSA) is 58.0 Å². The maximum Gasteiger partial charge on any atom is 0.353 e. The number of H-pyrrole nitrogens is 1. The van der Waals surface area contributed by atoms with Crippen LogP contribution in [0.2, 0.25) is 5.02 Å². The molecule has 0 saturated carbocycles. The van der Waals surface area contributed by atoms with Gasteiger partial charge in [-0.15, -0.1) is 0 Å². The maximum atomic E-state index is 11.9. The van der Waals surface area contributed by atoms with Gasteiger partial charge in [0, 0.05) is 27.4 Å². The molecule has 0 saturated heterocycles. The number of carbonyl (C=O) groups is 1. The number of nitrogens with one attached hydrogen (secondary N) is 1. The highest BCUT2D eigenvalue weighted by molar-refractivity contribution is 6.31. The molecule has 5 heteroatoms. The largest absolute Gasteiger partial charge is 0.477 e. The molecule has 2 N–H and O–H groups in total. The number of hydrogen-bond donors (Lipinski definition) is 2.